The second-order valence-corrected chi connectivity index (χ2v) is 6.61. The third-order valence-corrected chi connectivity index (χ3v) is 4.99. The summed E-state index contributed by atoms with van der Waals surface area (Å²) in [6, 6.07) is 30.4. The van der Waals surface area contributed by atoms with Gasteiger partial charge in [-0.05, 0) is 11.1 Å². The van der Waals surface area contributed by atoms with Crippen LogP contribution in [-0.2, 0) is 6.54 Å². The summed E-state index contributed by atoms with van der Waals surface area (Å²) in [6.07, 6.45) is 0. The summed E-state index contributed by atoms with van der Waals surface area (Å²) < 4.78 is 0. The van der Waals surface area contributed by atoms with Crippen LogP contribution in [0.25, 0.3) is 0 Å². The smallest absolute Gasteiger partial charge is 0.180 e. The van der Waals surface area contributed by atoms with Gasteiger partial charge in [0.05, 0.1) is 6.04 Å². The van der Waals surface area contributed by atoms with Gasteiger partial charge in [-0.2, -0.15) is 0 Å². The molecule has 2 nitrogen and oxygen atoms in total. The zero-order valence-electron chi connectivity index (χ0n) is 14.1. The van der Waals surface area contributed by atoms with Crippen molar-refractivity contribution >= 4 is 5.78 Å². The highest BCUT2D eigenvalue weighted by Gasteiger charge is 2.44. The minimum absolute atomic E-state index is 0.0926. The number of benzene rings is 3. The van der Waals surface area contributed by atoms with Gasteiger partial charge in [0.1, 0.15) is 0 Å². The summed E-state index contributed by atoms with van der Waals surface area (Å²) in [7, 11) is 0. The normalized spacial score (nSPS) is 20.0. The molecule has 3 aromatic carbocycles. The summed E-state index contributed by atoms with van der Waals surface area (Å²) in [5.41, 5.74) is 3.30. The average molecular weight is 327 g/mol. The van der Waals surface area contributed by atoms with Gasteiger partial charge in [-0.1, -0.05) is 91.0 Å². The second-order valence-electron chi connectivity index (χ2n) is 6.61. The van der Waals surface area contributed by atoms with E-state index in [1.54, 1.807) is 0 Å². The van der Waals surface area contributed by atoms with Crippen LogP contribution in [0.5, 0.6) is 0 Å². The molecule has 0 amide bonds. The van der Waals surface area contributed by atoms with Crippen LogP contribution in [0.3, 0.4) is 0 Å². The third kappa shape index (κ3) is 3.26. The lowest BCUT2D eigenvalue weighted by Crippen LogP contribution is -2.57. The van der Waals surface area contributed by atoms with Crippen molar-refractivity contribution in [1.82, 2.24) is 4.90 Å². The van der Waals surface area contributed by atoms with E-state index in [-0.39, 0.29) is 17.7 Å². The quantitative estimate of drug-likeness (QED) is 0.641. The molecule has 2 atom stereocenters. The minimum atomic E-state index is -0.0926. The Balaban J connectivity index is 1.61. The van der Waals surface area contributed by atoms with E-state index in [4.69, 9.17) is 0 Å². The highest BCUT2D eigenvalue weighted by atomic mass is 16.1. The van der Waals surface area contributed by atoms with Crippen molar-refractivity contribution in [2.24, 2.45) is 0 Å². The fourth-order valence-electron chi connectivity index (χ4n) is 3.67. The number of carbonyl (C=O) groups is 1. The van der Waals surface area contributed by atoms with Crippen LogP contribution in [0, 0.1) is 0 Å². The van der Waals surface area contributed by atoms with Crippen molar-refractivity contribution in [2.75, 3.05) is 6.54 Å². The molecule has 3 aromatic rings. The van der Waals surface area contributed by atoms with Gasteiger partial charge < -0.3 is 0 Å². The molecule has 1 fully saturated rings. The number of hydrogen-bond acceptors (Lipinski definition) is 2. The lowest BCUT2D eigenvalue weighted by molar-refractivity contribution is 0.0398. The zero-order chi connectivity index (χ0) is 17.1. The highest BCUT2D eigenvalue weighted by Crippen LogP contribution is 2.37. The van der Waals surface area contributed by atoms with E-state index < -0.39 is 0 Å². The van der Waals surface area contributed by atoms with Gasteiger partial charge in [0.2, 0.25) is 0 Å². The van der Waals surface area contributed by atoms with Crippen molar-refractivity contribution in [3.8, 4) is 0 Å². The van der Waals surface area contributed by atoms with Crippen LogP contribution in [0.2, 0.25) is 0 Å². The molecule has 0 saturated carbocycles. The fourth-order valence-corrected chi connectivity index (χ4v) is 3.67. The van der Waals surface area contributed by atoms with Crippen molar-refractivity contribution in [3.63, 3.8) is 0 Å². The molecule has 25 heavy (non-hydrogen) atoms. The Morgan fingerprint density at radius 3 is 2.00 bits per heavy atom. The van der Waals surface area contributed by atoms with Gasteiger partial charge in [0.25, 0.3) is 0 Å². The Morgan fingerprint density at radius 2 is 1.36 bits per heavy atom. The molecule has 2 heteroatoms. The second kappa shape index (κ2) is 7.04. The fraction of sp³-hybridized carbons (Fsp3) is 0.174. The molecule has 0 spiro atoms. The molecule has 1 aliphatic rings. The Kier molecular flexibility index (Phi) is 4.45. The Hall–Kier alpha value is -2.71. The van der Waals surface area contributed by atoms with Crippen molar-refractivity contribution in [2.45, 2.75) is 18.5 Å². The molecule has 0 bridgehead atoms. The SMILES string of the molecule is O=C(c1ccccc1)[C@H]1[C@H](c2ccccc2)CN1Cc1ccccc1. The standard InChI is InChI=1S/C23H21NO/c25-23(20-14-8-3-9-15-20)22-21(19-12-6-2-7-13-19)17-24(22)16-18-10-4-1-5-11-18/h1-15,21-22H,16-17H2/t21-,22+/m0/s1. The van der Waals surface area contributed by atoms with Gasteiger partial charge >= 0.3 is 0 Å². The molecule has 0 radical (unpaired) electrons. The van der Waals surface area contributed by atoms with Crippen LogP contribution < -0.4 is 0 Å². The van der Waals surface area contributed by atoms with E-state index in [2.05, 4.69) is 53.4 Å². The molecule has 1 saturated heterocycles. The zero-order valence-corrected chi connectivity index (χ0v) is 14.1. The Bertz CT molecular complexity index is 830. The number of ketones is 1. The van der Waals surface area contributed by atoms with Crippen LogP contribution in [0.4, 0.5) is 0 Å². The molecule has 0 N–H and O–H groups in total. The largest absolute Gasteiger partial charge is 0.292 e. The average Bonchev–Trinajstić information content (AvgIpc) is 2.67. The number of nitrogens with zero attached hydrogens (tertiary/aromatic N) is 1. The maximum atomic E-state index is 13.2. The predicted molar refractivity (Wildman–Crippen MR) is 101 cm³/mol. The monoisotopic (exact) mass is 327 g/mol. The molecule has 4 rings (SSSR count). The lowest BCUT2D eigenvalue weighted by atomic mass is 9.78. The number of hydrogen-bond donors (Lipinski definition) is 0. The Morgan fingerprint density at radius 1 is 0.800 bits per heavy atom. The van der Waals surface area contributed by atoms with E-state index in [0.717, 1.165) is 18.7 Å². The van der Waals surface area contributed by atoms with E-state index in [0.29, 0.717) is 0 Å². The number of Topliss-reactive ketones (excluding diaryl/α,β-unsaturated/α-hetero) is 1. The number of likely N-dealkylation sites (tertiary alicyclic amines) is 1. The van der Waals surface area contributed by atoms with Gasteiger partial charge in [-0.15, -0.1) is 0 Å². The molecule has 0 aromatic heterocycles. The predicted octanol–water partition coefficient (Wildman–Crippen LogP) is 4.54. The van der Waals surface area contributed by atoms with E-state index >= 15 is 0 Å². The van der Waals surface area contributed by atoms with Gasteiger partial charge in [-0.3, -0.25) is 9.69 Å². The first-order valence-electron chi connectivity index (χ1n) is 8.75. The van der Waals surface area contributed by atoms with Gasteiger partial charge in [0, 0.05) is 24.6 Å². The molecular weight excluding hydrogens is 306 g/mol. The number of carbonyl (C=O) groups excluding carboxylic acids is 1. The maximum absolute atomic E-state index is 13.2. The molecule has 0 aliphatic carbocycles. The van der Waals surface area contributed by atoms with Crippen LogP contribution in [0.1, 0.15) is 27.4 Å². The van der Waals surface area contributed by atoms with Gasteiger partial charge in [0.15, 0.2) is 5.78 Å². The topological polar surface area (TPSA) is 20.3 Å². The molecule has 1 heterocycles. The summed E-state index contributed by atoms with van der Waals surface area (Å²) >= 11 is 0. The molecule has 1 aliphatic heterocycles. The summed E-state index contributed by atoms with van der Waals surface area (Å²) in [4.78, 5) is 15.5. The lowest BCUT2D eigenvalue weighted by Gasteiger charge is -2.47. The minimum Gasteiger partial charge on any atom is -0.292 e. The van der Waals surface area contributed by atoms with Crippen molar-refractivity contribution in [1.29, 1.82) is 0 Å². The van der Waals surface area contributed by atoms with E-state index in [1.807, 2.05) is 42.5 Å². The molecule has 124 valence electrons. The highest BCUT2D eigenvalue weighted by molar-refractivity contribution is 6.01. The molecule has 0 unspecified atom stereocenters. The van der Waals surface area contributed by atoms with Crippen LogP contribution in [-0.4, -0.2) is 23.3 Å². The maximum Gasteiger partial charge on any atom is 0.180 e. The number of rotatable bonds is 5. The van der Waals surface area contributed by atoms with Crippen molar-refractivity contribution in [3.05, 3.63) is 108 Å². The van der Waals surface area contributed by atoms with Crippen LogP contribution in [0.15, 0.2) is 91.0 Å². The first kappa shape index (κ1) is 15.8. The first-order chi connectivity index (χ1) is 12.3. The van der Waals surface area contributed by atoms with E-state index in [1.165, 1.54) is 11.1 Å². The van der Waals surface area contributed by atoms with Crippen LogP contribution >= 0.6 is 0 Å². The van der Waals surface area contributed by atoms with Crippen molar-refractivity contribution < 1.29 is 4.79 Å². The van der Waals surface area contributed by atoms with E-state index in [9.17, 15) is 4.79 Å². The van der Waals surface area contributed by atoms with Gasteiger partial charge in [-0.25, -0.2) is 0 Å². The Labute approximate surface area is 148 Å². The summed E-state index contributed by atoms with van der Waals surface area (Å²) in [5.74, 6) is 0.481. The summed E-state index contributed by atoms with van der Waals surface area (Å²) in [6.45, 7) is 1.73. The third-order valence-electron chi connectivity index (χ3n) is 4.99. The first-order valence-corrected chi connectivity index (χ1v) is 8.75. The summed E-state index contributed by atoms with van der Waals surface area (Å²) in [5, 5.41) is 0. The molecular formula is C23H21NO.